The van der Waals surface area contributed by atoms with E-state index in [1.54, 1.807) is 0 Å². The standard InChI is InChI=1S/C20H34O5/c1-9-10-11-15(21)22-20(8)13-14(12-17(2,3)25-20)16-23-18(4,5)19(6,7)24-16/h12,16H,9-11,13H2,1-8H3. The van der Waals surface area contributed by atoms with E-state index in [1.807, 2.05) is 61.5 Å². The minimum Gasteiger partial charge on any atom is -0.433 e. The predicted molar refractivity (Wildman–Crippen MR) is 96.0 cm³/mol. The fourth-order valence-electron chi connectivity index (χ4n) is 3.31. The number of hydrogen-bond donors (Lipinski definition) is 0. The Labute approximate surface area is 152 Å². The van der Waals surface area contributed by atoms with Gasteiger partial charge in [0.1, 0.15) is 0 Å². The maximum absolute atomic E-state index is 12.1. The Bertz CT molecular complexity index is 530. The number of unbranched alkanes of at least 4 members (excludes halogenated alkanes) is 1. The minimum atomic E-state index is -1.01. The van der Waals surface area contributed by atoms with Crippen molar-refractivity contribution in [1.82, 2.24) is 0 Å². The zero-order valence-electron chi connectivity index (χ0n) is 17.0. The van der Waals surface area contributed by atoms with Gasteiger partial charge in [-0.15, -0.1) is 0 Å². The van der Waals surface area contributed by atoms with Gasteiger partial charge in [-0.1, -0.05) is 13.3 Å². The van der Waals surface area contributed by atoms with Crippen molar-refractivity contribution in [3.05, 3.63) is 11.6 Å². The molecule has 0 saturated carbocycles. The zero-order valence-corrected chi connectivity index (χ0v) is 17.0. The Hall–Kier alpha value is -0.910. The summed E-state index contributed by atoms with van der Waals surface area (Å²) in [5.74, 6) is -1.24. The van der Waals surface area contributed by atoms with Crippen molar-refractivity contribution in [3.8, 4) is 0 Å². The summed E-state index contributed by atoms with van der Waals surface area (Å²) in [4.78, 5) is 12.1. The molecular weight excluding hydrogens is 320 g/mol. The third-order valence-corrected chi connectivity index (χ3v) is 5.16. The van der Waals surface area contributed by atoms with Crippen LogP contribution in [0.25, 0.3) is 0 Å². The molecule has 1 unspecified atom stereocenters. The fourth-order valence-corrected chi connectivity index (χ4v) is 3.31. The highest BCUT2D eigenvalue weighted by molar-refractivity contribution is 5.69. The lowest BCUT2D eigenvalue weighted by atomic mass is 9.90. The molecule has 0 N–H and O–H groups in total. The van der Waals surface area contributed by atoms with Crippen LogP contribution < -0.4 is 0 Å². The molecule has 2 aliphatic rings. The van der Waals surface area contributed by atoms with Crippen LogP contribution in [0, 0.1) is 0 Å². The molecule has 2 rings (SSSR count). The van der Waals surface area contributed by atoms with E-state index < -0.39 is 28.9 Å². The third kappa shape index (κ3) is 4.63. The van der Waals surface area contributed by atoms with Gasteiger partial charge in [0.25, 0.3) is 0 Å². The molecule has 5 nitrogen and oxygen atoms in total. The average Bonchev–Trinajstić information content (AvgIpc) is 2.62. The van der Waals surface area contributed by atoms with Crippen molar-refractivity contribution in [2.45, 2.75) is 110 Å². The van der Waals surface area contributed by atoms with E-state index in [0.29, 0.717) is 12.8 Å². The van der Waals surface area contributed by atoms with Crippen molar-refractivity contribution < 1.29 is 23.7 Å². The molecule has 0 bridgehead atoms. The molecule has 2 heterocycles. The summed E-state index contributed by atoms with van der Waals surface area (Å²) in [5, 5.41) is 0. The Morgan fingerprint density at radius 3 is 2.20 bits per heavy atom. The molecule has 0 aromatic carbocycles. The first-order chi connectivity index (χ1) is 11.3. The highest BCUT2D eigenvalue weighted by atomic mass is 16.8. The lowest BCUT2D eigenvalue weighted by molar-refractivity contribution is -0.260. The first kappa shape index (κ1) is 20.4. The van der Waals surface area contributed by atoms with E-state index in [-0.39, 0.29) is 5.97 Å². The van der Waals surface area contributed by atoms with Gasteiger partial charge in [0.2, 0.25) is 5.79 Å². The number of hydrogen-bond acceptors (Lipinski definition) is 5. The monoisotopic (exact) mass is 354 g/mol. The van der Waals surface area contributed by atoms with E-state index >= 15 is 0 Å². The van der Waals surface area contributed by atoms with Gasteiger partial charge < -0.3 is 18.9 Å². The van der Waals surface area contributed by atoms with Crippen molar-refractivity contribution in [3.63, 3.8) is 0 Å². The van der Waals surface area contributed by atoms with E-state index in [0.717, 1.165) is 18.4 Å². The summed E-state index contributed by atoms with van der Waals surface area (Å²) >= 11 is 0. The maximum atomic E-state index is 12.1. The van der Waals surface area contributed by atoms with Gasteiger partial charge >= 0.3 is 5.97 Å². The van der Waals surface area contributed by atoms with Crippen LogP contribution in [-0.4, -0.2) is 34.8 Å². The Kier molecular flexibility index (Phi) is 5.45. The van der Waals surface area contributed by atoms with Crippen molar-refractivity contribution >= 4 is 5.97 Å². The summed E-state index contributed by atoms with van der Waals surface area (Å²) in [7, 11) is 0. The van der Waals surface area contributed by atoms with Crippen LogP contribution in [0.3, 0.4) is 0 Å². The third-order valence-electron chi connectivity index (χ3n) is 5.16. The second-order valence-corrected chi connectivity index (χ2v) is 8.90. The van der Waals surface area contributed by atoms with E-state index in [9.17, 15) is 4.79 Å². The van der Waals surface area contributed by atoms with E-state index in [4.69, 9.17) is 18.9 Å². The number of ether oxygens (including phenoxy) is 4. The molecule has 5 heteroatoms. The summed E-state index contributed by atoms with van der Waals surface area (Å²) < 4.78 is 24.1. The van der Waals surface area contributed by atoms with Gasteiger partial charge in [-0.2, -0.15) is 0 Å². The van der Waals surface area contributed by atoms with Gasteiger partial charge in [-0.05, 0) is 59.6 Å². The van der Waals surface area contributed by atoms with Crippen molar-refractivity contribution in [2.75, 3.05) is 0 Å². The highest BCUT2D eigenvalue weighted by Crippen LogP contribution is 2.45. The number of esters is 1. The smallest absolute Gasteiger partial charge is 0.308 e. The predicted octanol–water partition coefficient (Wildman–Crippen LogP) is 4.49. The van der Waals surface area contributed by atoms with Crippen LogP contribution in [-0.2, 0) is 23.7 Å². The molecule has 0 radical (unpaired) electrons. The Morgan fingerprint density at radius 1 is 1.12 bits per heavy atom. The quantitative estimate of drug-likeness (QED) is 0.538. The normalized spacial score (nSPS) is 30.8. The van der Waals surface area contributed by atoms with Gasteiger partial charge in [0.05, 0.1) is 16.8 Å². The molecular formula is C20H34O5. The van der Waals surface area contributed by atoms with Crippen molar-refractivity contribution in [2.24, 2.45) is 0 Å². The van der Waals surface area contributed by atoms with Gasteiger partial charge in [-0.3, -0.25) is 4.79 Å². The van der Waals surface area contributed by atoms with Crippen LogP contribution in [0.1, 0.15) is 81.1 Å². The lowest BCUT2D eigenvalue weighted by Gasteiger charge is -2.42. The Balaban J connectivity index is 2.17. The summed E-state index contributed by atoms with van der Waals surface area (Å²) in [6, 6.07) is 0. The molecule has 25 heavy (non-hydrogen) atoms. The fraction of sp³-hybridized carbons (Fsp3) is 0.850. The van der Waals surface area contributed by atoms with E-state index in [1.165, 1.54) is 0 Å². The molecule has 144 valence electrons. The molecule has 0 spiro atoms. The topological polar surface area (TPSA) is 54.0 Å². The largest absolute Gasteiger partial charge is 0.433 e. The summed E-state index contributed by atoms with van der Waals surface area (Å²) in [5.41, 5.74) is -0.429. The van der Waals surface area contributed by atoms with Crippen LogP contribution >= 0.6 is 0 Å². The Morgan fingerprint density at radius 2 is 1.68 bits per heavy atom. The lowest BCUT2D eigenvalue weighted by Crippen LogP contribution is -2.47. The van der Waals surface area contributed by atoms with Gasteiger partial charge in [0.15, 0.2) is 6.29 Å². The number of carbonyl (C=O) groups excluding carboxylic acids is 1. The first-order valence-electron chi connectivity index (χ1n) is 9.28. The molecule has 1 saturated heterocycles. The molecule has 2 aliphatic heterocycles. The van der Waals surface area contributed by atoms with E-state index in [2.05, 4.69) is 0 Å². The second-order valence-electron chi connectivity index (χ2n) is 8.90. The number of rotatable bonds is 5. The molecule has 0 aromatic rings. The molecule has 1 fully saturated rings. The highest BCUT2D eigenvalue weighted by Gasteiger charge is 2.52. The van der Waals surface area contributed by atoms with Gasteiger partial charge in [0, 0.05) is 19.8 Å². The van der Waals surface area contributed by atoms with Crippen LogP contribution in [0.4, 0.5) is 0 Å². The molecule has 0 aliphatic carbocycles. The van der Waals surface area contributed by atoms with Crippen LogP contribution in [0.5, 0.6) is 0 Å². The first-order valence-corrected chi connectivity index (χ1v) is 9.28. The van der Waals surface area contributed by atoms with Crippen LogP contribution in [0.2, 0.25) is 0 Å². The summed E-state index contributed by atoms with van der Waals surface area (Å²) in [6.07, 6.45) is 4.19. The minimum absolute atomic E-state index is 0.227. The van der Waals surface area contributed by atoms with Gasteiger partial charge in [-0.25, -0.2) is 0 Å². The number of carbonyl (C=O) groups is 1. The SMILES string of the molecule is CCCCC(=O)OC1(C)CC(C2OC(C)(C)C(C)(C)O2)=CC(C)(C)O1. The van der Waals surface area contributed by atoms with Crippen LogP contribution in [0.15, 0.2) is 11.6 Å². The second kappa shape index (κ2) is 6.67. The maximum Gasteiger partial charge on any atom is 0.308 e. The van der Waals surface area contributed by atoms with Crippen molar-refractivity contribution in [1.29, 1.82) is 0 Å². The zero-order chi connectivity index (χ0) is 19.1. The molecule has 1 atom stereocenters. The molecule has 0 amide bonds. The summed E-state index contributed by atoms with van der Waals surface area (Å²) in [6.45, 7) is 15.9. The average molecular weight is 354 g/mol. The molecule has 0 aromatic heterocycles.